The van der Waals surface area contributed by atoms with Gasteiger partial charge in [-0.1, -0.05) is 29.5 Å². The second-order valence-electron chi connectivity index (χ2n) is 5.52. The molecule has 0 aliphatic carbocycles. The van der Waals surface area contributed by atoms with Crippen molar-refractivity contribution in [1.29, 1.82) is 0 Å². The number of carbonyl (C=O) groups excluding carboxylic acids is 1. The summed E-state index contributed by atoms with van der Waals surface area (Å²) in [6, 6.07) is 13.5. The Kier molecular flexibility index (Phi) is 3.77. The average molecular weight is 352 g/mol. The lowest BCUT2D eigenvalue weighted by Gasteiger charge is -2.01. The van der Waals surface area contributed by atoms with Gasteiger partial charge in [-0.25, -0.2) is 14.1 Å². The normalized spacial score (nSPS) is 11.0. The number of hydrogen-bond donors (Lipinski definition) is 1. The Hall–Kier alpha value is -3.06. The Bertz CT molecular complexity index is 1090. The summed E-state index contributed by atoms with van der Waals surface area (Å²) < 4.78 is 15.8. The van der Waals surface area contributed by atoms with Crippen LogP contribution in [-0.2, 0) is 0 Å². The molecule has 1 N–H and O–H groups in total. The topological polar surface area (TPSA) is 59.8 Å². The van der Waals surface area contributed by atoms with Gasteiger partial charge in [0.25, 0.3) is 5.91 Å². The molecule has 4 rings (SSSR count). The van der Waals surface area contributed by atoms with Gasteiger partial charge in [-0.15, -0.1) is 0 Å². The molecule has 0 saturated heterocycles. The van der Waals surface area contributed by atoms with Crippen LogP contribution in [0.2, 0.25) is 0 Å². The molecule has 0 bridgehead atoms. The quantitative estimate of drug-likeness (QED) is 0.602. The van der Waals surface area contributed by atoms with Crippen molar-refractivity contribution in [3.63, 3.8) is 0 Å². The lowest BCUT2D eigenvalue weighted by molar-refractivity contribution is 0.102. The fraction of sp³-hybridized carbons (Fsp3) is 0.0556. The van der Waals surface area contributed by atoms with Gasteiger partial charge in [0.2, 0.25) is 0 Å². The third-order valence-corrected chi connectivity index (χ3v) is 4.67. The molecule has 124 valence electrons. The lowest BCUT2D eigenvalue weighted by Crippen LogP contribution is -2.13. The van der Waals surface area contributed by atoms with Crippen LogP contribution in [0.4, 0.5) is 9.52 Å². The molecule has 5 nitrogen and oxygen atoms in total. The van der Waals surface area contributed by atoms with Crippen molar-refractivity contribution >= 4 is 32.6 Å². The number of fused-ring (bicyclic) bond motifs is 1. The van der Waals surface area contributed by atoms with Gasteiger partial charge < -0.3 is 0 Å². The van der Waals surface area contributed by atoms with E-state index in [4.69, 9.17) is 0 Å². The highest BCUT2D eigenvalue weighted by molar-refractivity contribution is 7.22. The van der Waals surface area contributed by atoms with E-state index in [1.165, 1.54) is 28.2 Å². The number of hydrogen-bond acceptors (Lipinski definition) is 4. The lowest BCUT2D eigenvalue weighted by atomic mass is 10.2. The number of carbonyl (C=O) groups is 1. The standard InChI is InChI=1S/C18H13FN4OS/c1-11-4-2-7-15-16(11)20-18(25-15)21-17(24)14-8-9-23(22-14)13-6-3-5-12(19)10-13/h2-10H,1H3,(H,20,21,24). The van der Waals surface area contributed by atoms with Crippen LogP contribution in [-0.4, -0.2) is 20.7 Å². The summed E-state index contributed by atoms with van der Waals surface area (Å²) in [5.74, 6) is -0.712. The second-order valence-corrected chi connectivity index (χ2v) is 6.55. The van der Waals surface area contributed by atoms with Crippen molar-refractivity contribution in [2.75, 3.05) is 5.32 Å². The molecule has 1 amide bonds. The molecule has 25 heavy (non-hydrogen) atoms. The number of halogens is 1. The van der Waals surface area contributed by atoms with Crippen LogP contribution in [0.25, 0.3) is 15.9 Å². The molecule has 0 atom stereocenters. The maximum Gasteiger partial charge on any atom is 0.277 e. The maximum atomic E-state index is 13.3. The van der Waals surface area contributed by atoms with Gasteiger partial charge in [-0.2, -0.15) is 5.10 Å². The van der Waals surface area contributed by atoms with Crippen molar-refractivity contribution in [3.05, 3.63) is 71.8 Å². The highest BCUT2D eigenvalue weighted by atomic mass is 32.1. The van der Waals surface area contributed by atoms with Crippen molar-refractivity contribution < 1.29 is 9.18 Å². The number of anilines is 1. The summed E-state index contributed by atoms with van der Waals surface area (Å²) in [5, 5.41) is 7.50. The van der Waals surface area contributed by atoms with Crippen LogP contribution < -0.4 is 5.32 Å². The van der Waals surface area contributed by atoms with Crippen LogP contribution in [0.15, 0.2) is 54.7 Å². The van der Waals surface area contributed by atoms with E-state index in [-0.39, 0.29) is 17.4 Å². The van der Waals surface area contributed by atoms with Gasteiger partial charge in [0.05, 0.1) is 15.9 Å². The summed E-state index contributed by atoms with van der Waals surface area (Å²) in [5.41, 5.74) is 2.73. The Morgan fingerprint density at radius 1 is 1.20 bits per heavy atom. The Balaban J connectivity index is 1.58. The van der Waals surface area contributed by atoms with Crippen LogP contribution in [0.3, 0.4) is 0 Å². The first-order valence-electron chi connectivity index (χ1n) is 7.59. The average Bonchev–Trinajstić information content (AvgIpc) is 3.22. The Labute approximate surface area is 146 Å². The molecule has 0 aliphatic rings. The molecule has 0 unspecified atom stereocenters. The summed E-state index contributed by atoms with van der Waals surface area (Å²) in [4.78, 5) is 16.8. The fourth-order valence-corrected chi connectivity index (χ4v) is 3.45. The predicted octanol–water partition coefficient (Wildman–Crippen LogP) is 4.18. The van der Waals surface area contributed by atoms with Crippen molar-refractivity contribution in [3.8, 4) is 5.69 Å². The van der Waals surface area contributed by atoms with Crippen molar-refractivity contribution in [1.82, 2.24) is 14.8 Å². The van der Waals surface area contributed by atoms with Gasteiger partial charge in [0.15, 0.2) is 10.8 Å². The van der Waals surface area contributed by atoms with E-state index >= 15 is 0 Å². The summed E-state index contributed by atoms with van der Waals surface area (Å²) in [6.45, 7) is 1.98. The molecular formula is C18H13FN4OS. The fourth-order valence-electron chi connectivity index (χ4n) is 2.51. The smallest absolute Gasteiger partial charge is 0.277 e. The summed E-state index contributed by atoms with van der Waals surface area (Å²) in [7, 11) is 0. The number of nitrogens with one attached hydrogen (secondary N) is 1. The van der Waals surface area contributed by atoms with Crippen molar-refractivity contribution in [2.24, 2.45) is 0 Å². The van der Waals surface area contributed by atoms with Gasteiger partial charge in [0, 0.05) is 6.20 Å². The molecule has 0 radical (unpaired) electrons. The highest BCUT2D eigenvalue weighted by Crippen LogP contribution is 2.28. The SMILES string of the molecule is Cc1cccc2sc(NC(=O)c3ccn(-c4cccc(F)c4)n3)nc12. The zero-order valence-corrected chi connectivity index (χ0v) is 14.0. The number of nitrogens with zero attached hydrogens (tertiary/aromatic N) is 3. The zero-order chi connectivity index (χ0) is 17.4. The first kappa shape index (κ1) is 15.5. The van der Waals surface area contributed by atoms with E-state index in [1.807, 2.05) is 25.1 Å². The van der Waals surface area contributed by atoms with E-state index in [0.717, 1.165) is 15.8 Å². The van der Waals surface area contributed by atoms with E-state index in [9.17, 15) is 9.18 Å². The third-order valence-electron chi connectivity index (χ3n) is 3.74. The second kappa shape index (κ2) is 6.10. The maximum absolute atomic E-state index is 13.3. The summed E-state index contributed by atoms with van der Waals surface area (Å²) in [6.07, 6.45) is 1.62. The summed E-state index contributed by atoms with van der Waals surface area (Å²) >= 11 is 1.41. The number of para-hydroxylation sites is 1. The first-order valence-corrected chi connectivity index (χ1v) is 8.41. The number of thiazole rings is 1. The molecule has 2 aromatic carbocycles. The monoisotopic (exact) mass is 352 g/mol. The zero-order valence-electron chi connectivity index (χ0n) is 13.2. The minimum atomic E-state index is -0.358. The van der Waals surface area contributed by atoms with E-state index in [0.29, 0.717) is 10.8 Å². The largest absolute Gasteiger partial charge is 0.296 e. The minimum Gasteiger partial charge on any atom is -0.296 e. The molecule has 0 saturated carbocycles. The Morgan fingerprint density at radius 2 is 2.04 bits per heavy atom. The highest BCUT2D eigenvalue weighted by Gasteiger charge is 2.14. The van der Waals surface area contributed by atoms with Crippen LogP contribution in [0, 0.1) is 12.7 Å². The van der Waals surface area contributed by atoms with E-state index < -0.39 is 0 Å². The number of benzene rings is 2. The number of aromatic nitrogens is 3. The van der Waals surface area contributed by atoms with Gasteiger partial charge in [0.1, 0.15) is 5.82 Å². The van der Waals surface area contributed by atoms with Gasteiger partial charge in [-0.05, 0) is 42.8 Å². The number of rotatable bonds is 3. The van der Waals surface area contributed by atoms with E-state index in [1.54, 1.807) is 24.4 Å². The predicted molar refractivity (Wildman–Crippen MR) is 95.8 cm³/mol. The third kappa shape index (κ3) is 3.01. The Morgan fingerprint density at radius 3 is 2.84 bits per heavy atom. The molecule has 0 fully saturated rings. The first-order chi connectivity index (χ1) is 12.1. The van der Waals surface area contributed by atoms with Crippen LogP contribution >= 0.6 is 11.3 Å². The molecular weight excluding hydrogens is 339 g/mol. The van der Waals surface area contributed by atoms with Gasteiger partial charge >= 0.3 is 0 Å². The number of aryl methyl sites for hydroxylation is 1. The van der Waals surface area contributed by atoms with Crippen molar-refractivity contribution in [2.45, 2.75) is 6.92 Å². The minimum absolute atomic E-state index is 0.236. The molecule has 4 aromatic rings. The van der Waals surface area contributed by atoms with Crippen LogP contribution in [0.1, 0.15) is 16.1 Å². The van der Waals surface area contributed by atoms with Gasteiger partial charge in [-0.3, -0.25) is 10.1 Å². The molecule has 0 spiro atoms. The molecule has 0 aliphatic heterocycles. The molecule has 7 heteroatoms. The van der Waals surface area contributed by atoms with Crippen LogP contribution in [0.5, 0.6) is 0 Å². The molecule has 2 aromatic heterocycles. The van der Waals surface area contributed by atoms with E-state index in [2.05, 4.69) is 15.4 Å². The molecule has 2 heterocycles. The number of amides is 1.